The molecule has 0 aliphatic heterocycles. The molecule has 142 valence electrons. The minimum atomic E-state index is -3.70. The Balaban J connectivity index is 2.28. The Hall–Kier alpha value is -2.64. The van der Waals surface area contributed by atoms with E-state index in [0.717, 1.165) is 3.97 Å². The Bertz CT molecular complexity index is 1090. The lowest BCUT2D eigenvalue weighted by Crippen LogP contribution is -2.27. The number of nitrogens with zero attached hydrogens (tertiary/aromatic N) is 2. The maximum absolute atomic E-state index is 12.7. The SMILES string of the molecule is C=CCC(O)(c1ccccc1)c1ccc2nc(N)n(S(=O)(=O)C(C)C)c2c1. The lowest BCUT2D eigenvalue weighted by Gasteiger charge is -2.28. The maximum atomic E-state index is 12.7. The summed E-state index contributed by atoms with van der Waals surface area (Å²) in [5, 5.41) is 10.8. The van der Waals surface area contributed by atoms with E-state index in [1.165, 1.54) is 0 Å². The molecule has 0 radical (unpaired) electrons. The molecule has 0 saturated heterocycles. The van der Waals surface area contributed by atoms with E-state index >= 15 is 0 Å². The summed E-state index contributed by atoms with van der Waals surface area (Å²) in [6.07, 6.45) is 1.90. The molecule has 0 fully saturated rings. The van der Waals surface area contributed by atoms with Gasteiger partial charge in [-0.1, -0.05) is 42.5 Å². The molecule has 0 saturated carbocycles. The molecular weight excluding hydrogens is 362 g/mol. The third-order valence-corrected chi connectivity index (χ3v) is 6.74. The highest BCUT2D eigenvalue weighted by molar-refractivity contribution is 7.90. The first-order valence-corrected chi connectivity index (χ1v) is 10.1. The maximum Gasteiger partial charge on any atom is 0.244 e. The zero-order valence-electron chi connectivity index (χ0n) is 15.3. The van der Waals surface area contributed by atoms with Gasteiger partial charge in [-0.15, -0.1) is 6.58 Å². The molecule has 6 nitrogen and oxygen atoms in total. The van der Waals surface area contributed by atoms with Crippen LogP contribution in [0.5, 0.6) is 0 Å². The summed E-state index contributed by atoms with van der Waals surface area (Å²) < 4.78 is 26.5. The number of fused-ring (bicyclic) bond motifs is 1. The molecule has 1 atom stereocenters. The zero-order chi connectivity index (χ0) is 19.8. The van der Waals surface area contributed by atoms with Gasteiger partial charge in [0.25, 0.3) is 0 Å². The van der Waals surface area contributed by atoms with Gasteiger partial charge in [-0.25, -0.2) is 17.4 Å². The van der Waals surface area contributed by atoms with Crippen LogP contribution in [0.4, 0.5) is 5.95 Å². The van der Waals surface area contributed by atoms with E-state index in [0.29, 0.717) is 22.2 Å². The Morgan fingerprint density at radius 3 is 2.48 bits per heavy atom. The number of aromatic nitrogens is 2. The van der Waals surface area contributed by atoms with Gasteiger partial charge in [0.2, 0.25) is 16.0 Å². The molecular formula is C20H23N3O3S. The molecule has 2 aromatic carbocycles. The number of benzene rings is 2. The predicted molar refractivity (Wildman–Crippen MR) is 108 cm³/mol. The largest absolute Gasteiger partial charge is 0.380 e. The molecule has 0 aliphatic carbocycles. The fraction of sp³-hybridized carbons (Fsp3) is 0.250. The number of imidazole rings is 1. The second-order valence-corrected chi connectivity index (χ2v) is 9.09. The lowest BCUT2D eigenvalue weighted by molar-refractivity contribution is 0.0843. The molecule has 0 aliphatic rings. The van der Waals surface area contributed by atoms with Crippen molar-refractivity contribution in [2.75, 3.05) is 5.73 Å². The average molecular weight is 385 g/mol. The summed E-state index contributed by atoms with van der Waals surface area (Å²) in [7, 11) is -3.70. The van der Waals surface area contributed by atoms with Crippen LogP contribution >= 0.6 is 0 Å². The molecule has 1 aromatic heterocycles. The molecule has 7 heteroatoms. The quantitative estimate of drug-likeness (QED) is 0.636. The molecule has 1 unspecified atom stereocenters. The first-order chi connectivity index (χ1) is 12.7. The number of hydrogen-bond donors (Lipinski definition) is 2. The van der Waals surface area contributed by atoms with Crippen LogP contribution in [0.2, 0.25) is 0 Å². The lowest BCUT2D eigenvalue weighted by atomic mass is 9.83. The molecule has 0 spiro atoms. The Kier molecular flexibility index (Phi) is 4.84. The second-order valence-electron chi connectivity index (χ2n) is 6.75. The molecule has 0 bridgehead atoms. The van der Waals surface area contributed by atoms with Gasteiger partial charge >= 0.3 is 0 Å². The molecule has 3 rings (SSSR count). The summed E-state index contributed by atoms with van der Waals surface area (Å²) in [5.41, 5.74) is 6.59. The summed E-state index contributed by atoms with van der Waals surface area (Å²) in [5.74, 6) is -0.0946. The Labute approximate surface area is 159 Å². The summed E-state index contributed by atoms with van der Waals surface area (Å²) >= 11 is 0. The van der Waals surface area contributed by atoms with Crippen LogP contribution in [-0.4, -0.2) is 27.7 Å². The summed E-state index contributed by atoms with van der Waals surface area (Å²) in [4.78, 5) is 4.16. The van der Waals surface area contributed by atoms with E-state index in [4.69, 9.17) is 5.73 Å². The monoisotopic (exact) mass is 385 g/mol. The van der Waals surface area contributed by atoms with Crippen molar-refractivity contribution in [3.05, 3.63) is 72.3 Å². The second kappa shape index (κ2) is 6.83. The first-order valence-electron chi connectivity index (χ1n) is 8.63. The fourth-order valence-corrected chi connectivity index (χ4v) is 4.28. The van der Waals surface area contributed by atoms with Crippen molar-refractivity contribution >= 4 is 27.0 Å². The van der Waals surface area contributed by atoms with E-state index in [1.807, 2.05) is 30.3 Å². The molecule has 0 amide bonds. The molecule has 1 heterocycles. The minimum Gasteiger partial charge on any atom is -0.380 e. The highest BCUT2D eigenvalue weighted by Gasteiger charge is 2.32. The fourth-order valence-electron chi connectivity index (χ4n) is 3.13. The summed E-state index contributed by atoms with van der Waals surface area (Å²) in [6.45, 7) is 6.92. The van der Waals surface area contributed by atoms with Crippen LogP contribution in [0.1, 0.15) is 31.4 Å². The van der Waals surface area contributed by atoms with E-state index in [9.17, 15) is 13.5 Å². The van der Waals surface area contributed by atoms with Crippen LogP contribution < -0.4 is 5.73 Å². The average Bonchev–Trinajstić information content (AvgIpc) is 2.97. The van der Waals surface area contributed by atoms with Crippen molar-refractivity contribution in [1.82, 2.24) is 8.96 Å². The molecule has 3 N–H and O–H groups in total. The van der Waals surface area contributed by atoms with Crippen molar-refractivity contribution < 1.29 is 13.5 Å². The van der Waals surface area contributed by atoms with Gasteiger partial charge in [-0.3, -0.25) is 0 Å². The van der Waals surface area contributed by atoms with Crippen LogP contribution in [0.15, 0.2) is 61.2 Å². The Morgan fingerprint density at radius 2 is 1.89 bits per heavy atom. The van der Waals surface area contributed by atoms with Gasteiger partial charge < -0.3 is 10.8 Å². The van der Waals surface area contributed by atoms with E-state index in [2.05, 4.69) is 11.6 Å². The third-order valence-electron chi connectivity index (χ3n) is 4.66. The first kappa shape index (κ1) is 19.1. The number of aliphatic hydroxyl groups is 1. The molecule has 27 heavy (non-hydrogen) atoms. The number of nitrogens with two attached hydrogens (primary N) is 1. The van der Waals surface area contributed by atoms with Gasteiger partial charge in [0.1, 0.15) is 5.60 Å². The van der Waals surface area contributed by atoms with Crippen molar-refractivity contribution in [1.29, 1.82) is 0 Å². The van der Waals surface area contributed by atoms with Gasteiger partial charge in [-0.05, 0) is 37.1 Å². The third kappa shape index (κ3) is 3.13. The number of nitrogen functional groups attached to an aromatic ring is 1. The van der Waals surface area contributed by atoms with Crippen LogP contribution in [0.3, 0.4) is 0 Å². The topological polar surface area (TPSA) is 98.2 Å². The van der Waals surface area contributed by atoms with Gasteiger partial charge in [0.15, 0.2) is 0 Å². The Morgan fingerprint density at radius 1 is 1.22 bits per heavy atom. The zero-order valence-corrected chi connectivity index (χ0v) is 16.1. The van der Waals surface area contributed by atoms with Gasteiger partial charge in [0, 0.05) is 6.42 Å². The smallest absolute Gasteiger partial charge is 0.244 e. The van der Waals surface area contributed by atoms with Crippen LogP contribution in [0.25, 0.3) is 11.0 Å². The number of rotatable bonds is 6. The predicted octanol–water partition coefficient (Wildman–Crippen LogP) is 3.02. The highest BCUT2D eigenvalue weighted by atomic mass is 32.2. The van der Waals surface area contributed by atoms with Crippen molar-refractivity contribution in [3.63, 3.8) is 0 Å². The van der Waals surface area contributed by atoms with E-state index in [-0.39, 0.29) is 12.4 Å². The number of hydrogen-bond acceptors (Lipinski definition) is 5. The van der Waals surface area contributed by atoms with Gasteiger partial charge in [0.05, 0.1) is 16.3 Å². The van der Waals surface area contributed by atoms with Crippen molar-refractivity contribution in [2.24, 2.45) is 0 Å². The summed E-state index contributed by atoms with van der Waals surface area (Å²) in [6, 6.07) is 14.2. The van der Waals surface area contributed by atoms with E-state index in [1.54, 1.807) is 38.1 Å². The van der Waals surface area contributed by atoms with Crippen molar-refractivity contribution in [3.8, 4) is 0 Å². The van der Waals surface area contributed by atoms with Crippen molar-refractivity contribution in [2.45, 2.75) is 31.1 Å². The van der Waals surface area contributed by atoms with E-state index < -0.39 is 20.9 Å². The standard InChI is InChI=1S/C20H23N3O3S/c1-4-12-20(24,15-8-6-5-7-9-15)16-10-11-17-18(13-16)23(19(21)22-17)27(25,26)14(2)3/h4-11,13-14,24H,1,12H2,2-3H3,(H2,21,22). The highest BCUT2D eigenvalue weighted by Crippen LogP contribution is 2.35. The molecule has 3 aromatic rings. The number of anilines is 1. The van der Waals surface area contributed by atoms with Gasteiger partial charge in [-0.2, -0.15) is 0 Å². The normalized spacial score (nSPS) is 14.4. The minimum absolute atomic E-state index is 0.0946. The van der Waals surface area contributed by atoms with Crippen LogP contribution in [-0.2, 0) is 15.6 Å². The van der Waals surface area contributed by atoms with Crippen LogP contribution in [0, 0.1) is 0 Å².